The number of rotatable bonds is 1. The van der Waals surface area contributed by atoms with Crippen molar-refractivity contribution in [1.29, 1.82) is 0 Å². The molecule has 5 aliphatic rings. The molecule has 1 aliphatic heterocycles. The first-order valence-electron chi connectivity index (χ1n) is 10.0. The van der Waals surface area contributed by atoms with Crippen LogP contribution in [0.5, 0.6) is 0 Å². The summed E-state index contributed by atoms with van der Waals surface area (Å²) in [7, 11) is 0. The van der Waals surface area contributed by atoms with Crippen molar-refractivity contribution in [3.8, 4) is 0 Å². The van der Waals surface area contributed by atoms with E-state index >= 15 is 4.39 Å². The fourth-order valence-electron chi connectivity index (χ4n) is 7.79. The zero-order valence-electron chi connectivity index (χ0n) is 16.6. The van der Waals surface area contributed by atoms with E-state index in [0.29, 0.717) is 17.8 Å². The Morgan fingerprint density at radius 2 is 2.04 bits per heavy atom. The van der Waals surface area contributed by atoms with E-state index in [2.05, 4.69) is 0 Å². The van der Waals surface area contributed by atoms with Crippen molar-refractivity contribution in [2.75, 3.05) is 6.61 Å². The summed E-state index contributed by atoms with van der Waals surface area (Å²) in [6, 6.07) is 0. The molecule has 2 N–H and O–H groups in total. The number of esters is 1. The third kappa shape index (κ3) is 1.58. The molecule has 4 fully saturated rings. The van der Waals surface area contributed by atoms with Crippen molar-refractivity contribution in [2.24, 2.45) is 22.2 Å². The van der Waals surface area contributed by atoms with Crippen LogP contribution in [-0.4, -0.2) is 58.7 Å². The van der Waals surface area contributed by atoms with Gasteiger partial charge in [0.05, 0.1) is 29.8 Å². The minimum atomic E-state index is -1.45. The summed E-state index contributed by atoms with van der Waals surface area (Å²) in [5, 5.41) is 22.2. The van der Waals surface area contributed by atoms with Gasteiger partial charge in [0, 0.05) is 36.5 Å². The van der Waals surface area contributed by atoms with E-state index in [1.54, 1.807) is 13.8 Å². The lowest BCUT2D eigenvalue weighted by Crippen LogP contribution is -2.88. The average Bonchev–Trinajstić information content (AvgIpc) is 2.58. The number of aliphatic hydroxyl groups excluding tert-OH is 1. The lowest BCUT2D eigenvalue weighted by atomic mass is 9.22. The molecule has 3 saturated carbocycles. The first-order chi connectivity index (χ1) is 13.0. The van der Waals surface area contributed by atoms with Gasteiger partial charge in [-0.05, 0) is 31.4 Å². The Morgan fingerprint density at radius 1 is 1.36 bits per heavy atom. The van der Waals surface area contributed by atoms with Crippen molar-refractivity contribution in [1.82, 2.24) is 0 Å². The number of carbonyl (C=O) groups is 2. The molecule has 1 heterocycles. The monoisotopic (exact) mass is 394 g/mol. The van der Waals surface area contributed by atoms with Gasteiger partial charge in [-0.25, -0.2) is 4.39 Å². The molecule has 7 heteroatoms. The Bertz CT molecular complexity index is 839. The number of ether oxygens (including phenoxy) is 2. The molecule has 0 amide bonds. The van der Waals surface area contributed by atoms with Crippen LogP contribution in [0.15, 0.2) is 11.1 Å². The van der Waals surface area contributed by atoms with Gasteiger partial charge in [-0.15, -0.1) is 0 Å². The van der Waals surface area contributed by atoms with Gasteiger partial charge in [-0.2, -0.15) is 0 Å². The largest absolute Gasteiger partial charge is 0.450 e. The molecule has 28 heavy (non-hydrogen) atoms. The van der Waals surface area contributed by atoms with Crippen LogP contribution < -0.4 is 0 Å². The number of alkyl halides is 1. The lowest BCUT2D eigenvalue weighted by molar-refractivity contribution is -0.383. The highest BCUT2D eigenvalue weighted by Gasteiger charge is 2.89. The average molecular weight is 394 g/mol. The molecule has 5 rings (SSSR count). The van der Waals surface area contributed by atoms with Crippen molar-refractivity contribution >= 4 is 11.8 Å². The SMILES string of the molecule is CC(=O)O[C@H]1C(=O)C2(C)C(F)C[C@H]3OC[C@H]3C23C[C@]2(O)C[C@H](O)C(C)=C1[C@]32C. The number of aliphatic hydroxyl groups is 2. The first kappa shape index (κ1) is 18.7. The van der Waals surface area contributed by atoms with Gasteiger partial charge in [0.25, 0.3) is 0 Å². The van der Waals surface area contributed by atoms with E-state index in [1.807, 2.05) is 6.92 Å². The summed E-state index contributed by atoms with van der Waals surface area (Å²) in [6.07, 6.45) is -3.42. The maximum atomic E-state index is 15.6. The Balaban J connectivity index is 1.81. The second-order valence-corrected chi connectivity index (χ2v) is 9.86. The minimum Gasteiger partial charge on any atom is -0.450 e. The fraction of sp³-hybridized carbons (Fsp3) is 0.810. The molecule has 0 aromatic rings. The zero-order chi connectivity index (χ0) is 20.4. The number of Topliss-reactive ketones (excluding diaryl/α,β-unsaturated/α-hetero) is 1. The van der Waals surface area contributed by atoms with Crippen molar-refractivity contribution in [3.63, 3.8) is 0 Å². The molecule has 0 radical (unpaired) electrons. The molecule has 0 bridgehead atoms. The Kier molecular flexibility index (Phi) is 3.37. The van der Waals surface area contributed by atoms with E-state index in [0.717, 1.165) is 0 Å². The lowest BCUT2D eigenvalue weighted by Gasteiger charge is -2.82. The summed E-state index contributed by atoms with van der Waals surface area (Å²) in [5.74, 6) is -1.14. The summed E-state index contributed by atoms with van der Waals surface area (Å²) in [5.41, 5.74) is -3.43. The Labute approximate surface area is 163 Å². The minimum absolute atomic E-state index is 0.0463. The molecular formula is C21H27FO6. The fourth-order valence-corrected chi connectivity index (χ4v) is 7.79. The Morgan fingerprint density at radius 3 is 2.61 bits per heavy atom. The van der Waals surface area contributed by atoms with Gasteiger partial charge in [0.1, 0.15) is 6.17 Å². The summed E-state index contributed by atoms with van der Waals surface area (Å²) in [6.45, 7) is 6.88. The number of ketones is 1. The molecule has 1 saturated heterocycles. The van der Waals surface area contributed by atoms with Crippen molar-refractivity contribution in [2.45, 2.75) is 77.0 Å². The smallest absolute Gasteiger partial charge is 0.303 e. The van der Waals surface area contributed by atoms with Crippen molar-refractivity contribution in [3.05, 3.63) is 11.1 Å². The van der Waals surface area contributed by atoms with Crippen LogP contribution in [0.1, 0.15) is 47.0 Å². The summed E-state index contributed by atoms with van der Waals surface area (Å²) >= 11 is 0. The first-order valence-corrected chi connectivity index (χ1v) is 10.0. The number of halogens is 1. The molecule has 3 unspecified atom stereocenters. The van der Waals surface area contributed by atoms with Gasteiger partial charge in [0.15, 0.2) is 11.9 Å². The zero-order valence-corrected chi connectivity index (χ0v) is 16.6. The summed E-state index contributed by atoms with van der Waals surface area (Å²) < 4.78 is 26.7. The van der Waals surface area contributed by atoms with Gasteiger partial charge in [-0.3, -0.25) is 9.59 Å². The topological polar surface area (TPSA) is 93.1 Å². The van der Waals surface area contributed by atoms with Crippen molar-refractivity contribution < 1.29 is 33.7 Å². The van der Waals surface area contributed by atoms with Crippen LogP contribution in [0, 0.1) is 22.2 Å². The van der Waals surface area contributed by atoms with Crippen LogP contribution in [0.4, 0.5) is 4.39 Å². The molecule has 9 atom stereocenters. The predicted octanol–water partition coefficient (Wildman–Crippen LogP) is 1.47. The standard InChI is InChI=1S/C21H27FO6/c1-9-12(24)6-20(26)8-21-11-7-27-13(11)5-14(22)18(21,3)17(25)16(28-10(2)23)15(9)19(20,21)4/h11-14,16,24,26H,5-8H2,1-4H3/t11-,12+,13-,14?,16-,18?,19+,20-,21?/m1/s1. The molecule has 6 nitrogen and oxygen atoms in total. The molecule has 154 valence electrons. The molecular weight excluding hydrogens is 367 g/mol. The van der Waals surface area contributed by atoms with E-state index in [4.69, 9.17) is 9.47 Å². The molecule has 0 aromatic carbocycles. The predicted molar refractivity (Wildman–Crippen MR) is 94.8 cm³/mol. The Hall–Kier alpha value is -1.31. The van der Waals surface area contributed by atoms with Gasteiger partial charge < -0.3 is 19.7 Å². The maximum Gasteiger partial charge on any atom is 0.303 e. The third-order valence-electron chi connectivity index (χ3n) is 9.25. The number of fused-ring (bicyclic) bond motifs is 1. The van der Waals surface area contributed by atoms with Crippen LogP contribution in [0.25, 0.3) is 0 Å². The molecule has 1 spiro atoms. The van der Waals surface area contributed by atoms with E-state index in [-0.39, 0.29) is 31.3 Å². The van der Waals surface area contributed by atoms with Gasteiger partial charge in [0.2, 0.25) is 0 Å². The highest BCUT2D eigenvalue weighted by atomic mass is 19.1. The summed E-state index contributed by atoms with van der Waals surface area (Å²) in [4.78, 5) is 25.6. The maximum absolute atomic E-state index is 15.6. The number of hydrogen-bond donors (Lipinski definition) is 2. The van der Waals surface area contributed by atoms with E-state index < -0.39 is 52.0 Å². The normalized spacial score (nSPS) is 56.7. The van der Waals surface area contributed by atoms with Gasteiger partial charge >= 0.3 is 5.97 Å². The molecule has 4 aliphatic carbocycles. The second-order valence-electron chi connectivity index (χ2n) is 9.86. The van der Waals surface area contributed by atoms with E-state index in [1.165, 1.54) is 6.92 Å². The highest BCUT2D eigenvalue weighted by molar-refractivity contribution is 5.97. The van der Waals surface area contributed by atoms with Crippen LogP contribution in [0.3, 0.4) is 0 Å². The van der Waals surface area contributed by atoms with Crippen LogP contribution >= 0.6 is 0 Å². The highest BCUT2D eigenvalue weighted by Crippen LogP contribution is 2.84. The van der Waals surface area contributed by atoms with E-state index in [9.17, 15) is 19.8 Å². The second kappa shape index (κ2) is 5.05. The van der Waals surface area contributed by atoms with Crippen LogP contribution in [0.2, 0.25) is 0 Å². The quantitative estimate of drug-likeness (QED) is 0.517. The molecule has 0 aromatic heterocycles. The number of hydrogen-bond acceptors (Lipinski definition) is 6. The number of carbonyl (C=O) groups excluding carboxylic acids is 2. The third-order valence-corrected chi connectivity index (χ3v) is 9.25. The van der Waals surface area contributed by atoms with Gasteiger partial charge in [-0.1, -0.05) is 6.92 Å². The van der Waals surface area contributed by atoms with Crippen LogP contribution in [-0.2, 0) is 19.1 Å².